The number of carbonyl (C=O) groups excluding carboxylic acids is 1. The van der Waals surface area contributed by atoms with E-state index in [2.05, 4.69) is 10.3 Å². The van der Waals surface area contributed by atoms with Crippen LogP contribution in [0.4, 0.5) is 10.8 Å². The van der Waals surface area contributed by atoms with E-state index in [1.165, 1.54) is 12.1 Å². The fourth-order valence-electron chi connectivity index (χ4n) is 1.63. The Labute approximate surface area is 119 Å². The zero-order valence-corrected chi connectivity index (χ0v) is 11.3. The summed E-state index contributed by atoms with van der Waals surface area (Å²) in [5.74, 6) is -0.342. The van der Waals surface area contributed by atoms with Gasteiger partial charge in [0.25, 0.3) is 5.91 Å². The monoisotopic (exact) mass is 283 g/mol. The van der Waals surface area contributed by atoms with Gasteiger partial charge < -0.3 is 11.1 Å². The zero-order chi connectivity index (χ0) is 14.7. The van der Waals surface area contributed by atoms with Gasteiger partial charge in [0.05, 0.1) is 16.8 Å². The second-order valence-corrected chi connectivity index (χ2v) is 4.94. The molecule has 0 saturated carbocycles. The second-order valence-electron chi connectivity index (χ2n) is 3.90. The molecule has 1 amide bonds. The molecule has 0 atom stereocenters. The van der Waals surface area contributed by atoms with Crippen molar-refractivity contribution in [3.05, 3.63) is 39.9 Å². The molecule has 0 spiro atoms. The molecule has 0 saturated heterocycles. The number of hydrogen-bond acceptors (Lipinski definition) is 6. The average Bonchev–Trinajstić information content (AvgIpc) is 2.77. The van der Waals surface area contributed by atoms with Crippen LogP contribution in [0.15, 0.2) is 18.2 Å². The van der Waals surface area contributed by atoms with Gasteiger partial charge in [-0.25, -0.2) is 4.98 Å². The van der Waals surface area contributed by atoms with Gasteiger partial charge in [0.2, 0.25) is 0 Å². The van der Waals surface area contributed by atoms with Crippen LogP contribution in [0.25, 0.3) is 0 Å². The third-order valence-electron chi connectivity index (χ3n) is 2.54. The number of thiazole rings is 1. The van der Waals surface area contributed by atoms with E-state index in [0.717, 1.165) is 11.3 Å². The Morgan fingerprint density at radius 3 is 2.60 bits per heavy atom. The van der Waals surface area contributed by atoms with E-state index in [-0.39, 0.29) is 17.0 Å². The largest absolute Gasteiger partial charge is 0.375 e. The highest BCUT2D eigenvalue weighted by molar-refractivity contribution is 7.17. The summed E-state index contributed by atoms with van der Waals surface area (Å²) >= 11 is 1.10. The van der Waals surface area contributed by atoms with Gasteiger partial charge in [0.1, 0.15) is 17.0 Å². The van der Waals surface area contributed by atoms with Gasteiger partial charge in [-0.05, 0) is 25.1 Å². The number of amides is 1. The van der Waals surface area contributed by atoms with Crippen molar-refractivity contribution in [2.75, 3.05) is 11.1 Å². The molecule has 1 aromatic carbocycles. The Morgan fingerprint density at radius 1 is 1.35 bits per heavy atom. The first-order chi connectivity index (χ1) is 9.55. The molecular weight excluding hydrogens is 274 g/mol. The van der Waals surface area contributed by atoms with Crippen LogP contribution in [0, 0.1) is 29.6 Å². The number of nitrogen functional groups attached to an aromatic ring is 1. The van der Waals surface area contributed by atoms with E-state index in [4.69, 9.17) is 16.3 Å². The van der Waals surface area contributed by atoms with Crippen LogP contribution in [0.5, 0.6) is 0 Å². The first kappa shape index (κ1) is 13.5. The SMILES string of the molecule is Cc1nc(N)sc1C(=O)Nc1ccc(C#N)c(C#N)c1. The van der Waals surface area contributed by atoms with Crippen LogP contribution in [-0.4, -0.2) is 10.9 Å². The number of nitrogens with one attached hydrogen (secondary N) is 1. The maximum absolute atomic E-state index is 12.1. The molecule has 0 aliphatic carbocycles. The fraction of sp³-hybridized carbons (Fsp3) is 0.0769. The topological polar surface area (TPSA) is 116 Å². The standard InChI is InChI=1S/C13H9N5OS/c1-7-11(20-13(16)17-7)12(19)18-10-3-2-8(5-14)9(4-10)6-15/h2-4H,1H3,(H2,16,17)(H,18,19). The smallest absolute Gasteiger partial charge is 0.267 e. The molecule has 1 aromatic heterocycles. The first-order valence-corrected chi connectivity index (χ1v) is 6.35. The van der Waals surface area contributed by atoms with Gasteiger partial charge >= 0.3 is 0 Å². The van der Waals surface area contributed by atoms with Crippen LogP contribution in [-0.2, 0) is 0 Å². The molecule has 2 aromatic rings. The fourth-order valence-corrected chi connectivity index (χ4v) is 2.36. The lowest BCUT2D eigenvalue weighted by molar-refractivity contribution is 0.103. The van der Waals surface area contributed by atoms with Crippen LogP contribution in [0.3, 0.4) is 0 Å². The van der Waals surface area contributed by atoms with Crippen molar-refractivity contribution >= 4 is 28.1 Å². The summed E-state index contributed by atoms with van der Waals surface area (Å²) in [6.45, 7) is 1.70. The van der Waals surface area contributed by atoms with E-state index in [1.807, 2.05) is 12.1 Å². The van der Waals surface area contributed by atoms with Crippen molar-refractivity contribution in [1.82, 2.24) is 4.98 Å². The molecule has 6 nitrogen and oxygen atoms in total. The molecule has 0 aliphatic rings. The van der Waals surface area contributed by atoms with Crippen molar-refractivity contribution in [3.63, 3.8) is 0 Å². The number of hydrogen-bond donors (Lipinski definition) is 2. The number of aryl methyl sites for hydroxylation is 1. The van der Waals surface area contributed by atoms with Crippen LogP contribution in [0.1, 0.15) is 26.5 Å². The lowest BCUT2D eigenvalue weighted by Crippen LogP contribution is -2.11. The molecule has 0 fully saturated rings. The predicted octanol–water partition coefficient (Wildman–Crippen LogP) is 2.03. The van der Waals surface area contributed by atoms with Gasteiger partial charge in [-0.1, -0.05) is 11.3 Å². The second kappa shape index (κ2) is 5.39. The molecule has 0 unspecified atom stereocenters. The third kappa shape index (κ3) is 2.58. The minimum absolute atomic E-state index is 0.214. The number of nitriles is 2. The molecule has 0 bridgehead atoms. The molecule has 0 aliphatic heterocycles. The summed E-state index contributed by atoms with van der Waals surface area (Å²) in [6.07, 6.45) is 0. The van der Waals surface area contributed by atoms with E-state index < -0.39 is 0 Å². The van der Waals surface area contributed by atoms with E-state index in [9.17, 15) is 4.79 Å². The van der Waals surface area contributed by atoms with E-state index in [1.54, 1.807) is 13.0 Å². The van der Waals surface area contributed by atoms with Gasteiger partial charge in [-0.2, -0.15) is 10.5 Å². The minimum atomic E-state index is -0.342. The van der Waals surface area contributed by atoms with Crippen LogP contribution < -0.4 is 11.1 Å². The van der Waals surface area contributed by atoms with Crippen molar-refractivity contribution in [2.24, 2.45) is 0 Å². The Kier molecular flexibility index (Phi) is 3.65. The highest BCUT2D eigenvalue weighted by Crippen LogP contribution is 2.22. The number of nitrogens with zero attached hydrogens (tertiary/aromatic N) is 3. The van der Waals surface area contributed by atoms with Gasteiger partial charge in [0.15, 0.2) is 5.13 Å². The summed E-state index contributed by atoms with van der Waals surface area (Å²) in [7, 11) is 0. The molecule has 7 heteroatoms. The summed E-state index contributed by atoms with van der Waals surface area (Å²) in [5, 5.41) is 20.7. The van der Waals surface area contributed by atoms with Gasteiger partial charge in [-0.15, -0.1) is 0 Å². The zero-order valence-electron chi connectivity index (χ0n) is 10.5. The highest BCUT2D eigenvalue weighted by atomic mass is 32.1. The van der Waals surface area contributed by atoms with Crippen LogP contribution >= 0.6 is 11.3 Å². The van der Waals surface area contributed by atoms with Crippen molar-refractivity contribution in [1.29, 1.82) is 10.5 Å². The summed E-state index contributed by atoms with van der Waals surface area (Å²) < 4.78 is 0. The Morgan fingerprint density at radius 2 is 2.05 bits per heavy atom. The van der Waals surface area contributed by atoms with Gasteiger partial charge in [0, 0.05) is 5.69 Å². The Balaban J connectivity index is 2.27. The molecule has 2 rings (SSSR count). The van der Waals surface area contributed by atoms with Gasteiger partial charge in [-0.3, -0.25) is 4.79 Å². The molecular formula is C13H9N5OS. The average molecular weight is 283 g/mol. The van der Waals surface area contributed by atoms with E-state index >= 15 is 0 Å². The number of rotatable bonds is 2. The summed E-state index contributed by atoms with van der Waals surface area (Å²) in [4.78, 5) is 16.5. The molecule has 20 heavy (non-hydrogen) atoms. The number of benzene rings is 1. The molecule has 98 valence electrons. The van der Waals surface area contributed by atoms with Crippen molar-refractivity contribution in [3.8, 4) is 12.1 Å². The number of anilines is 2. The number of nitrogens with two attached hydrogens (primary N) is 1. The predicted molar refractivity (Wildman–Crippen MR) is 75.1 cm³/mol. The summed E-state index contributed by atoms with van der Waals surface area (Å²) in [5.41, 5.74) is 7.02. The summed E-state index contributed by atoms with van der Waals surface area (Å²) in [6, 6.07) is 8.33. The van der Waals surface area contributed by atoms with E-state index in [0.29, 0.717) is 21.4 Å². The normalized spacial score (nSPS) is 9.55. The Hall–Kier alpha value is -2.90. The minimum Gasteiger partial charge on any atom is -0.375 e. The maximum Gasteiger partial charge on any atom is 0.267 e. The van der Waals surface area contributed by atoms with Crippen LogP contribution in [0.2, 0.25) is 0 Å². The maximum atomic E-state index is 12.1. The Bertz CT molecular complexity index is 766. The quantitative estimate of drug-likeness (QED) is 0.874. The number of aromatic nitrogens is 1. The molecule has 3 N–H and O–H groups in total. The highest BCUT2D eigenvalue weighted by Gasteiger charge is 2.15. The van der Waals surface area contributed by atoms with Crippen molar-refractivity contribution in [2.45, 2.75) is 6.92 Å². The lowest BCUT2D eigenvalue weighted by Gasteiger charge is -2.05. The molecule has 1 heterocycles. The number of carbonyl (C=O) groups is 1. The first-order valence-electron chi connectivity index (χ1n) is 5.53. The molecule has 0 radical (unpaired) electrons. The van der Waals surface area contributed by atoms with Crippen molar-refractivity contribution < 1.29 is 4.79 Å². The lowest BCUT2D eigenvalue weighted by atomic mass is 10.1. The third-order valence-corrected chi connectivity index (χ3v) is 3.52.